The van der Waals surface area contributed by atoms with Crippen molar-refractivity contribution in [1.29, 1.82) is 0 Å². The van der Waals surface area contributed by atoms with Gasteiger partial charge < -0.3 is 9.84 Å². The highest BCUT2D eigenvalue weighted by molar-refractivity contribution is 5.06. The molecule has 21 heavy (non-hydrogen) atoms. The van der Waals surface area contributed by atoms with E-state index in [0.717, 1.165) is 32.4 Å². The van der Waals surface area contributed by atoms with E-state index < -0.39 is 0 Å². The monoisotopic (exact) mass is 299 g/mol. The molecule has 0 aromatic heterocycles. The lowest BCUT2D eigenvalue weighted by Gasteiger charge is -2.49. The molecule has 0 spiro atoms. The second-order valence-electron chi connectivity index (χ2n) is 7.70. The number of aliphatic hydroxyl groups excluding tert-OH is 1. The van der Waals surface area contributed by atoms with E-state index in [-0.39, 0.29) is 28.8 Å². The predicted molar refractivity (Wildman–Crippen MR) is 89.6 cm³/mol. The third-order valence-electron chi connectivity index (χ3n) is 5.69. The minimum absolute atomic E-state index is 0.144. The molecule has 0 bridgehead atoms. The zero-order valence-electron chi connectivity index (χ0n) is 15.5. The highest BCUT2D eigenvalue weighted by Crippen LogP contribution is 2.47. The van der Waals surface area contributed by atoms with Gasteiger partial charge in [0.25, 0.3) is 0 Å². The minimum Gasteiger partial charge on any atom is -0.391 e. The van der Waals surface area contributed by atoms with E-state index in [1.54, 1.807) is 0 Å². The van der Waals surface area contributed by atoms with Gasteiger partial charge in [-0.05, 0) is 60.0 Å². The number of aliphatic hydroxyl groups is 1. The van der Waals surface area contributed by atoms with E-state index >= 15 is 0 Å². The SMILES string of the molecule is CCN(CC)C(CC)(CC)C(O)C1CC(C)(C)OC1(C)C. The van der Waals surface area contributed by atoms with E-state index in [1.165, 1.54) is 0 Å². The van der Waals surface area contributed by atoms with Crippen molar-refractivity contribution in [3.05, 3.63) is 0 Å². The summed E-state index contributed by atoms with van der Waals surface area (Å²) in [5.74, 6) is 0.174. The molecule has 0 aromatic carbocycles. The predicted octanol–water partition coefficient (Wildman–Crippen LogP) is 3.84. The Hall–Kier alpha value is -0.120. The summed E-state index contributed by atoms with van der Waals surface area (Å²) in [4.78, 5) is 2.44. The average molecular weight is 299 g/mol. The smallest absolute Gasteiger partial charge is 0.0780 e. The van der Waals surface area contributed by atoms with Gasteiger partial charge in [-0.15, -0.1) is 0 Å². The molecule has 2 unspecified atom stereocenters. The maximum Gasteiger partial charge on any atom is 0.0780 e. The zero-order chi connectivity index (χ0) is 16.5. The van der Waals surface area contributed by atoms with E-state index in [9.17, 15) is 5.11 Å². The van der Waals surface area contributed by atoms with Crippen LogP contribution in [-0.2, 0) is 4.74 Å². The van der Waals surface area contributed by atoms with Crippen LogP contribution < -0.4 is 0 Å². The molecule has 0 saturated carbocycles. The first-order valence-electron chi connectivity index (χ1n) is 8.73. The summed E-state index contributed by atoms with van der Waals surface area (Å²) in [5, 5.41) is 11.3. The van der Waals surface area contributed by atoms with Crippen molar-refractivity contribution in [1.82, 2.24) is 4.90 Å². The Morgan fingerprint density at radius 3 is 1.86 bits per heavy atom. The molecule has 1 aliphatic rings. The maximum absolute atomic E-state index is 11.3. The Kier molecular flexibility index (Phi) is 5.91. The molecule has 1 aliphatic heterocycles. The number of hydrogen-bond donors (Lipinski definition) is 1. The molecule has 1 fully saturated rings. The second-order valence-corrected chi connectivity index (χ2v) is 7.70. The molecule has 0 amide bonds. The minimum atomic E-state index is -0.357. The normalized spacial score (nSPS) is 26.3. The van der Waals surface area contributed by atoms with Crippen LogP contribution in [0.1, 0.15) is 74.7 Å². The summed E-state index contributed by atoms with van der Waals surface area (Å²) in [6.45, 7) is 19.3. The van der Waals surface area contributed by atoms with Crippen molar-refractivity contribution >= 4 is 0 Å². The lowest BCUT2D eigenvalue weighted by Crippen LogP contribution is -2.60. The Morgan fingerprint density at radius 1 is 1.10 bits per heavy atom. The summed E-state index contributed by atoms with van der Waals surface area (Å²) < 4.78 is 6.22. The van der Waals surface area contributed by atoms with Crippen LogP contribution in [-0.4, -0.2) is 45.9 Å². The fourth-order valence-electron chi connectivity index (χ4n) is 4.63. The van der Waals surface area contributed by atoms with Crippen LogP contribution in [0.25, 0.3) is 0 Å². The van der Waals surface area contributed by atoms with Crippen molar-refractivity contribution < 1.29 is 9.84 Å². The van der Waals surface area contributed by atoms with Crippen LogP contribution in [0.2, 0.25) is 0 Å². The van der Waals surface area contributed by atoms with Crippen molar-refractivity contribution in [3.8, 4) is 0 Å². The fraction of sp³-hybridized carbons (Fsp3) is 1.00. The first-order chi connectivity index (χ1) is 9.60. The van der Waals surface area contributed by atoms with Crippen molar-refractivity contribution in [3.63, 3.8) is 0 Å². The van der Waals surface area contributed by atoms with Gasteiger partial charge in [0, 0.05) is 11.5 Å². The Balaban J connectivity index is 3.15. The van der Waals surface area contributed by atoms with E-state index in [4.69, 9.17) is 4.74 Å². The van der Waals surface area contributed by atoms with Gasteiger partial charge in [-0.1, -0.05) is 27.7 Å². The van der Waals surface area contributed by atoms with Crippen molar-refractivity contribution in [2.75, 3.05) is 13.1 Å². The lowest BCUT2D eigenvalue weighted by molar-refractivity contribution is -0.118. The van der Waals surface area contributed by atoms with E-state index in [0.29, 0.717) is 0 Å². The third kappa shape index (κ3) is 3.46. The number of nitrogens with zero attached hydrogens (tertiary/aromatic N) is 1. The van der Waals surface area contributed by atoms with Crippen LogP contribution in [0, 0.1) is 5.92 Å². The molecule has 0 aliphatic carbocycles. The largest absolute Gasteiger partial charge is 0.391 e. The van der Waals surface area contributed by atoms with Crippen LogP contribution in [0.5, 0.6) is 0 Å². The summed E-state index contributed by atoms with van der Waals surface area (Å²) in [6.07, 6.45) is 2.51. The zero-order valence-corrected chi connectivity index (χ0v) is 15.5. The van der Waals surface area contributed by atoms with Crippen molar-refractivity contribution in [2.24, 2.45) is 5.92 Å². The molecular weight excluding hydrogens is 262 g/mol. The van der Waals surface area contributed by atoms with Crippen molar-refractivity contribution in [2.45, 2.75) is 97.5 Å². The average Bonchev–Trinajstić information content (AvgIpc) is 2.63. The van der Waals surface area contributed by atoms with Gasteiger partial charge in [0.15, 0.2) is 0 Å². The molecule has 0 radical (unpaired) electrons. The maximum atomic E-state index is 11.3. The second kappa shape index (κ2) is 6.55. The first kappa shape index (κ1) is 18.9. The summed E-state index contributed by atoms with van der Waals surface area (Å²) in [5.41, 5.74) is -0.563. The van der Waals surface area contributed by atoms with Crippen LogP contribution in [0.3, 0.4) is 0 Å². The topological polar surface area (TPSA) is 32.7 Å². The number of ether oxygens (including phenoxy) is 1. The van der Waals surface area contributed by atoms with Gasteiger partial charge in [-0.3, -0.25) is 4.90 Å². The van der Waals surface area contributed by atoms with Crippen LogP contribution in [0.15, 0.2) is 0 Å². The highest BCUT2D eigenvalue weighted by atomic mass is 16.5. The third-order valence-corrected chi connectivity index (χ3v) is 5.69. The lowest BCUT2D eigenvalue weighted by atomic mass is 9.71. The molecule has 2 atom stereocenters. The summed E-state index contributed by atoms with van der Waals surface area (Å²) >= 11 is 0. The first-order valence-corrected chi connectivity index (χ1v) is 8.73. The van der Waals surface area contributed by atoms with Crippen LogP contribution >= 0.6 is 0 Å². The number of likely N-dealkylation sites (N-methyl/N-ethyl adjacent to an activating group) is 1. The summed E-state index contributed by atoms with van der Waals surface area (Å²) in [6, 6.07) is 0. The highest BCUT2D eigenvalue weighted by Gasteiger charge is 2.54. The standard InChI is InChI=1S/C18H37NO2/c1-9-18(10-2,19(11-3)12-4)15(20)14-13-16(5,6)21-17(14,7)8/h14-15,20H,9-13H2,1-8H3. The fourth-order valence-corrected chi connectivity index (χ4v) is 4.63. The molecule has 1 rings (SSSR count). The van der Waals surface area contributed by atoms with Gasteiger partial charge in [-0.25, -0.2) is 0 Å². The molecule has 1 N–H and O–H groups in total. The summed E-state index contributed by atoms with van der Waals surface area (Å²) in [7, 11) is 0. The van der Waals surface area contributed by atoms with Crippen LogP contribution in [0.4, 0.5) is 0 Å². The molecular formula is C18H37NO2. The molecule has 126 valence electrons. The van der Waals surface area contributed by atoms with E-state index in [1.807, 2.05) is 0 Å². The van der Waals surface area contributed by atoms with Gasteiger partial charge in [0.1, 0.15) is 0 Å². The Labute approximate surface area is 132 Å². The molecule has 3 nitrogen and oxygen atoms in total. The number of hydrogen-bond acceptors (Lipinski definition) is 3. The van der Waals surface area contributed by atoms with Gasteiger partial charge in [0.05, 0.1) is 17.3 Å². The Bertz CT molecular complexity index is 330. The van der Waals surface area contributed by atoms with Gasteiger partial charge in [-0.2, -0.15) is 0 Å². The Morgan fingerprint density at radius 2 is 1.57 bits per heavy atom. The number of rotatable bonds is 7. The molecule has 0 aromatic rings. The van der Waals surface area contributed by atoms with E-state index in [2.05, 4.69) is 60.3 Å². The molecule has 1 saturated heterocycles. The molecule has 3 heteroatoms. The quantitative estimate of drug-likeness (QED) is 0.775. The molecule has 1 heterocycles. The van der Waals surface area contributed by atoms with Gasteiger partial charge >= 0.3 is 0 Å². The van der Waals surface area contributed by atoms with Gasteiger partial charge in [0.2, 0.25) is 0 Å².